The van der Waals surface area contributed by atoms with Gasteiger partial charge in [-0.25, -0.2) is 0 Å². The minimum atomic E-state index is -0.574. The quantitative estimate of drug-likeness (QED) is 0.591. The fraction of sp³-hybridized carbons (Fsp3) is 0.550. The molecule has 0 radical (unpaired) electrons. The van der Waals surface area contributed by atoms with Crippen molar-refractivity contribution in [2.24, 2.45) is 0 Å². The van der Waals surface area contributed by atoms with E-state index in [1.54, 1.807) is 12.0 Å². The normalized spacial score (nSPS) is 27.2. The maximum absolute atomic E-state index is 12.9. The summed E-state index contributed by atoms with van der Waals surface area (Å²) in [6.45, 7) is 3.58. The van der Waals surface area contributed by atoms with Crippen LogP contribution in [-0.4, -0.2) is 61.0 Å². The van der Waals surface area contributed by atoms with Gasteiger partial charge in [-0.3, -0.25) is 19.7 Å². The standard InChI is InChI=1S/C20H26N4O4/c1-28-20(6-7-21-11-20)12-22-9-13-2-3-14-10-24(19(27)15(14)8-13)16-4-5-17(25)23-18(16)26/h2-3,8,16,21-22H,4-7,9-12H2,1H3,(H,23,25,26). The van der Waals surface area contributed by atoms with Crippen molar-refractivity contribution in [1.82, 2.24) is 20.9 Å². The first-order valence-corrected chi connectivity index (χ1v) is 9.74. The topological polar surface area (TPSA) is 99.8 Å². The lowest BCUT2D eigenvalue weighted by molar-refractivity contribution is -0.136. The number of carbonyl (C=O) groups is 3. The number of benzene rings is 1. The molecule has 0 saturated carbocycles. The molecule has 1 aromatic rings. The number of carbonyl (C=O) groups excluding carboxylic acids is 3. The fourth-order valence-electron chi connectivity index (χ4n) is 4.26. The first-order valence-electron chi connectivity index (χ1n) is 9.74. The molecule has 0 spiro atoms. The van der Waals surface area contributed by atoms with E-state index >= 15 is 0 Å². The summed E-state index contributed by atoms with van der Waals surface area (Å²) in [7, 11) is 1.74. The average Bonchev–Trinajstić information content (AvgIpc) is 3.28. The number of fused-ring (bicyclic) bond motifs is 1. The zero-order valence-electron chi connectivity index (χ0n) is 16.0. The molecule has 0 aliphatic carbocycles. The van der Waals surface area contributed by atoms with Gasteiger partial charge in [0, 0.05) is 45.3 Å². The first kappa shape index (κ1) is 19.0. The molecule has 2 fully saturated rings. The maximum Gasteiger partial charge on any atom is 0.255 e. The Morgan fingerprint density at radius 1 is 1.32 bits per heavy atom. The van der Waals surface area contributed by atoms with E-state index in [1.807, 2.05) is 18.2 Å². The van der Waals surface area contributed by atoms with Gasteiger partial charge >= 0.3 is 0 Å². The second-order valence-electron chi connectivity index (χ2n) is 7.81. The number of rotatable bonds is 6. The molecule has 0 bridgehead atoms. The van der Waals surface area contributed by atoms with E-state index in [1.165, 1.54) is 0 Å². The third kappa shape index (κ3) is 3.55. The van der Waals surface area contributed by atoms with Crippen LogP contribution in [0.25, 0.3) is 0 Å². The van der Waals surface area contributed by atoms with Gasteiger partial charge in [-0.15, -0.1) is 0 Å². The highest BCUT2D eigenvalue weighted by Gasteiger charge is 2.39. The molecule has 2 unspecified atom stereocenters. The number of amides is 3. The van der Waals surface area contributed by atoms with E-state index in [0.29, 0.717) is 25.1 Å². The Kier molecular flexibility index (Phi) is 5.18. The summed E-state index contributed by atoms with van der Waals surface area (Å²) in [5, 5.41) is 9.09. The van der Waals surface area contributed by atoms with Crippen molar-refractivity contribution in [3.63, 3.8) is 0 Å². The van der Waals surface area contributed by atoms with Gasteiger partial charge < -0.3 is 20.3 Å². The van der Waals surface area contributed by atoms with Crippen LogP contribution in [0.2, 0.25) is 0 Å². The Labute approximate surface area is 164 Å². The Hall–Kier alpha value is -2.29. The van der Waals surface area contributed by atoms with Gasteiger partial charge in [-0.05, 0) is 36.6 Å². The van der Waals surface area contributed by atoms with E-state index in [4.69, 9.17) is 4.74 Å². The minimum absolute atomic E-state index is 0.139. The molecule has 150 valence electrons. The second-order valence-corrected chi connectivity index (χ2v) is 7.81. The van der Waals surface area contributed by atoms with E-state index in [9.17, 15) is 14.4 Å². The van der Waals surface area contributed by atoms with Crippen LogP contribution in [0.4, 0.5) is 0 Å². The zero-order chi connectivity index (χ0) is 19.7. The molecule has 0 aromatic heterocycles. The first-order chi connectivity index (χ1) is 13.5. The molecule has 3 heterocycles. The van der Waals surface area contributed by atoms with Crippen LogP contribution >= 0.6 is 0 Å². The molecule has 1 aromatic carbocycles. The molecule has 4 rings (SSSR count). The predicted molar refractivity (Wildman–Crippen MR) is 101 cm³/mol. The third-order valence-corrected chi connectivity index (χ3v) is 6.01. The summed E-state index contributed by atoms with van der Waals surface area (Å²) < 4.78 is 5.68. The molecule has 28 heavy (non-hydrogen) atoms. The van der Waals surface area contributed by atoms with E-state index in [0.717, 1.165) is 37.2 Å². The Morgan fingerprint density at radius 3 is 2.89 bits per heavy atom. The number of ether oxygens (including phenoxy) is 1. The number of nitrogens with zero attached hydrogens (tertiary/aromatic N) is 1. The average molecular weight is 386 g/mol. The van der Waals surface area contributed by atoms with Crippen LogP contribution in [0, 0.1) is 0 Å². The molecular formula is C20H26N4O4. The molecule has 2 atom stereocenters. The number of piperidine rings is 1. The van der Waals surface area contributed by atoms with Crippen molar-refractivity contribution in [2.75, 3.05) is 26.7 Å². The second kappa shape index (κ2) is 7.62. The van der Waals surface area contributed by atoms with Gasteiger partial charge in [0.05, 0.1) is 5.60 Å². The highest BCUT2D eigenvalue weighted by atomic mass is 16.5. The summed E-state index contributed by atoms with van der Waals surface area (Å²) >= 11 is 0. The molecule has 3 N–H and O–H groups in total. The third-order valence-electron chi connectivity index (χ3n) is 6.01. The fourth-order valence-corrected chi connectivity index (χ4v) is 4.26. The van der Waals surface area contributed by atoms with Crippen LogP contribution in [0.1, 0.15) is 40.7 Å². The van der Waals surface area contributed by atoms with Crippen molar-refractivity contribution in [2.45, 2.75) is 44.0 Å². The molecule has 8 nitrogen and oxygen atoms in total. The van der Waals surface area contributed by atoms with E-state index < -0.39 is 6.04 Å². The van der Waals surface area contributed by atoms with Gasteiger partial charge in [-0.2, -0.15) is 0 Å². The summed E-state index contributed by atoms with van der Waals surface area (Å²) in [4.78, 5) is 37.9. The van der Waals surface area contributed by atoms with Crippen molar-refractivity contribution >= 4 is 17.7 Å². The van der Waals surface area contributed by atoms with Crippen LogP contribution in [-0.2, 0) is 27.4 Å². The summed E-state index contributed by atoms with van der Waals surface area (Å²) in [5.74, 6) is -0.792. The molecule has 3 aliphatic heterocycles. The smallest absolute Gasteiger partial charge is 0.255 e. The van der Waals surface area contributed by atoms with Crippen molar-refractivity contribution in [3.8, 4) is 0 Å². The van der Waals surface area contributed by atoms with Crippen molar-refractivity contribution in [3.05, 3.63) is 34.9 Å². The highest BCUT2D eigenvalue weighted by molar-refractivity contribution is 6.05. The molecule has 3 aliphatic rings. The minimum Gasteiger partial charge on any atom is -0.376 e. The SMILES string of the molecule is COC1(CNCc2ccc3c(c2)C(=O)N(C2CCC(=O)NC2=O)C3)CCNC1. The Morgan fingerprint density at radius 2 is 2.18 bits per heavy atom. The van der Waals surface area contributed by atoms with Gasteiger partial charge in [0.2, 0.25) is 11.8 Å². The maximum atomic E-state index is 12.9. The number of nitrogens with one attached hydrogen (secondary N) is 3. The molecule has 8 heteroatoms. The summed E-state index contributed by atoms with van der Waals surface area (Å²) in [6, 6.07) is 5.30. The van der Waals surface area contributed by atoms with Gasteiger partial charge in [0.1, 0.15) is 6.04 Å². The molecule has 3 amide bonds. The summed E-state index contributed by atoms with van der Waals surface area (Å²) in [5.41, 5.74) is 2.42. The zero-order valence-corrected chi connectivity index (χ0v) is 16.0. The van der Waals surface area contributed by atoms with Crippen LogP contribution in [0.5, 0.6) is 0 Å². The lowest BCUT2D eigenvalue weighted by atomic mass is 10.0. The predicted octanol–water partition coefficient (Wildman–Crippen LogP) is -0.0843. The van der Waals surface area contributed by atoms with Crippen LogP contribution < -0.4 is 16.0 Å². The Balaban J connectivity index is 1.40. The van der Waals surface area contributed by atoms with Crippen molar-refractivity contribution < 1.29 is 19.1 Å². The largest absolute Gasteiger partial charge is 0.376 e. The Bertz CT molecular complexity index is 803. The van der Waals surface area contributed by atoms with E-state index in [2.05, 4.69) is 16.0 Å². The molecular weight excluding hydrogens is 360 g/mol. The van der Waals surface area contributed by atoms with E-state index in [-0.39, 0.29) is 29.7 Å². The van der Waals surface area contributed by atoms with Gasteiger partial charge in [0.15, 0.2) is 0 Å². The van der Waals surface area contributed by atoms with Crippen molar-refractivity contribution in [1.29, 1.82) is 0 Å². The van der Waals surface area contributed by atoms with Gasteiger partial charge in [0.25, 0.3) is 5.91 Å². The number of hydrogen-bond acceptors (Lipinski definition) is 6. The summed E-state index contributed by atoms with van der Waals surface area (Å²) in [6.07, 6.45) is 1.62. The lowest BCUT2D eigenvalue weighted by Crippen LogP contribution is -2.52. The highest BCUT2D eigenvalue weighted by Crippen LogP contribution is 2.28. The molecule has 2 saturated heterocycles. The number of methoxy groups -OCH3 is 1. The number of imide groups is 1. The van der Waals surface area contributed by atoms with Gasteiger partial charge in [-0.1, -0.05) is 12.1 Å². The van der Waals surface area contributed by atoms with Crippen LogP contribution in [0.3, 0.4) is 0 Å². The number of hydrogen-bond donors (Lipinski definition) is 3. The lowest BCUT2D eigenvalue weighted by Gasteiger charge is -2.29. The van der Waals surface area contributed by atoms with Crippen LogP contribution in [0.15, 0.2) is 18.2 Å². The monoisotopic (exact) mass is 386 g/mol.